The number of nitrogens with zero attached hydrogens (tertiary/aromatic N) is 2. The van der Waals surface area contributed by atoms with E-state index in [4.69, 9.17) is 5.11 Å². The number of carboxylic acids is 1. The van der Waals surface area contributed by atoms with Gasteiger partial charge in [0.15, 0.2) is 0 Å². The summed E-state index contributed by atoms with van der Waals surface area (Å²) in [7, 11) is 0. The van der Waals surface area contributed by atoms with Crippen LogP contribution in [0.15, 0.2) is 23.7 Å². The molecule has 0 atom stereocenters. The second-order valence-corrected chi connectivity index (χ2v) is 5.25. The normalized spacial score (nSPS) is 10.2. The molecule has 0 spiro atoms. The van der Waals surface area contributed by atoms with Gasteiger partial charge in [-0.25, -0.2) is 4.98 Å². The summed E-state index contributed by atoms with van der Waals surface area (Å²) in [4.78, 5) is 30.5. The van der Waals surface area contributed by atoms with Gasteiger partial charge in [-0.1, -0.05) is 0 Å². The van der Waals surface area contributed by atoms with Crippen LogP contribution in [0.2, 0.25) is 0 Å². The first kappa shape index (κ1) is 14.1. The van der Waals surface area contributed by atoms with Gasteiger partial charge in [0.2, 0.25) is 5.91 Å². The van der Waals surface area contributed by atoms with Crippen LogP contribution in [0, 0.1) is 6.92 Å². The summed E-state index contributed by atoms with van der Waals surface area (Å²) in [6.07, 6.45) is 1.52. The molecule has 0 saturated carbocycles. The van der Waals surface area contributed by atoms with Crippen LogP contribution in [0.4, 0.5) is 5.69 Å². The van der Waals surface area contributed by atoms with Crippen molar-refractivity contribution in [3.05, 3.63) is 40.1 Å². The quantitative estimate of drug-likeness (QED) is 0.874. The van der Waals surface area contributed by atoms with Crippen LogP contribution >= 0.6 is 11.3 Å². The number of carbonyl (C=O) groups is 2. The number of carboxylic acid groups (broad SMARTS) is 1. The van der Waals surface area contributed by atoms with Gasteiger partial charge in [-0.15, -0.1) is 11.3 Å². The molecule has 0 saturated heterocycles. The number of anilines is 1. The van der Waals surface area contributed by atoms with Crippen LogP contribution in [0.3, 0.4) is 0 Å². The predicted molar refractivity (Wildman–Crippen MR) is 74.8 cm³/mol. The van der Waals surface area contributed by atoms with Gasteiger partial charge < -0.3 is 10.4 Å². The lowest BCUT2D eigenvalue weighted by Crippen LogP contribution is -2.15. The van der Waals surface area contributed by atoms with Crippen molar-refractivity contribution in [1.82, 2.24) is 9.97 Å². The largest absolute Gasteiger partial charge is 0.481 e. The minimum atomic E-state index is -0.937. The molecule has 2 heterocycles. The zero-order valence-electron chi connectivity index (χ0n) is 10.8. The summed E-state index contributed by atoms with van der Waals surface area (Å²) in [6.45, 7) is 1.89. The molecule has 0 aromatic carbocycles. The summed E-state index contributed by atoms with van der Waals surface area (Å²) in [6, 6.07) is 3.21. The number of nitrogens with one attached hydrogen (secondary N) is 1. The molecule has 104 valence electrons. The van der Waals surface area contributed by atoms with Gasteiger partial charge in [-0.2, -0.15) is 0 Å². The number of pyridine rings is 1. The molecule has 2 rings (SSSR count). The number of thiazole rings is 1. The molecule has 0 aliphatic carbocycles. The maximum Gasteiger partial charge on any atom is 0.309 e. The van der Waals surface area contributed by atoms with Gasteiger partial charge in [-0.3, -0.25) is 14.6 Å². The second-order valence-electron chi connectivity index (χ2n) is 4.19. The molecule has 0 aliphatic heterocycles. The first-order valence-electron chi connectivity index (χ1n) is 5.90. The molecular formula is C13H13N3O3S. The van der Waals surface area contributed by atoms with Crippen LogP contribution in [0.1, 0.15) is 16.4 Å². The molecule has 1 amide bonds. The predicted octanol–water partition coefficient (Wildman–Crippen LogP) is 1.65. The van der Waals surface area contributed by atoms with E-state index >= 15 is 0 Å². The Hall–Kier alpha value is -2.28. The lowest BCUT2D eigenvalue weighted by atomic mass is 10.2. The number of aromatic nitrogens is 2. The van der Waals surface area contributed by atoms with E-state index in [1.54, 1.807) is 12.1 Å². The molecule has 0 unspecified atom stereocenters. The van der Waals surface area contributed by atoms with E-state index in [-0.39, 0.29) is 18.7 Å². The summed E-state index contributed by atoms with van der Waals surface area (Å²) < 4.78 is 0. The summed E-state index contributed by atoms with van der Waals surface area (Å²) in [5, 5.41) is 14.1. The number of rotatable bonds is 5. The third kappa shape index (κ3) is 4.13. The van der Waals surface area contributed by atoms with E-state index in [9.17, 15) is 9.59 Å². The molecule has 20 heavy (non-hydrogen) atoms. The second kappa shape index (κ2) is 6.25. The van der Waals surface area contributed by atoms with Crippen molar-refractivity contribution in [1.29, 1.82) is 0 Å². The van der Waals surface area contributed by atoms with Gasteiger partial charge in [0.25, 0.3) is 0 Å². The zero-order valence-corrected chi connectivity index (χ0v) is 11.6. The summed E-state index contributed by atoms with van der Waals surface area (Å²) in [5.41, 5.74) is 1.72. The van der Waals surface area contributed by atoms with Crippen molar-refractivity contribution in [2.75, 3.05) is 5.32 Å². The highest BCUT2D eigenvalue weighted by Crippen LogP contribution is 2.11. The van der Waals surface area contributed by atoms with Gasteiger partial charge in [0, 0.05) is 5.38 Å². The third-order valence-corrected chi connectivity index (χ3v) is 3.27. The minimum absolute atomic E-state index is 0.133. The van der Waals surface area contributed by atoms with E-state index < -0.39 is 5.97 Å². The third-order valence-electron chi connectivity index (χ3n) is 2.45. The Bertz CT molecular complexity index is 622. The number of hydrogen-bond donors (Lipinski definition) is 2. The average Bonchev–Trinajstić information content (AvgIpc) is 2.76. The maximum absolute atomic E-state index is 11.8. The number of aryl methyl sites for hydroxylation is 1. The maximum atomic E-state index is 11.8. The Kier molecular flexibility index (Phi) is 4.41. The smallest absolute Gasteiger partial charge is 0.309 e. The van der Waals surface area contributed by atoms with E-state index in [0.29, 0.717) is 11.4 Å². The van der Waals surface area contributed by atoms with Gasteiger partial charge in [-0.05, 0) is 19.1 Å². The van der Waals surface area contributed by atoms with E-state index in [1.165, 1.54) is 17.5 Å². The minimum Gasteiger partial charge on any atom is -0.481 e. The molecule has 0 aliphatic rings. The van der Waals surface area contributed by atoms with E-state index in [2.05, 4.69) is 15.3 Å². The van der Waals surface area contributed by atoms with Crippen molar-refractivity contribution in [2.24, 2.45) is 0 Å². The van der Waals surface area contributed by atoms with Crippen molar-refractivity contribution in [3.8, 4) is 0 Å². The molecule has 6 nitrogen and oxygen atoms in total. The SMILES string of the molecule is Cc1nc(CC(=O)Nc2ccc(CC(=O)O)nc2)cs1. The number of aliphatic carboxylic acids is 1. The fraction of sp³-hybridized carbons (Fsp3) is 0.231. The zero-order chi connectivity index (χ0) is 14.5. The van der Waals surface area contributed by atoms with Gasteiger partial charge in [0.05, 0.1) is 41.1 Å². The number of hydrogen-bond acceptors (Lipinski definition) is 5. The lowest BCUT2D eigenvalue weighted by Gasteiger charge is -2.04. The first-order valence-corrected chi connectivity index (χ1v) is 6.78. The Morgan fingerprint density at radius 2 is 2.10 bits per heavy atom. The molecule has 7 heteroatoms. The Balaban J connectivity index is 1.92. The Labute approximate surface area is 119 Å². The standard InChI is InChI=1S/C13H13N3O3S/c1-8-15-11(7-20-8)4-12(17)16-10-3-2-9(14-6-10)5-13(18)19/h2-3,6-7H,4-5H2,1H3,(H,16,17)(H,18,19). The molecule has 0 bridgehead atoms. The molecular weight excluding hydrogens is 278 g/mol. The van der Waals surface area contributed by atoms with Gasteiger partial charge in [0.1, 0.15) is 0 Å². The highest BCUT2D eigenvalue weighted by Gasteiger charge is 2.08. The molecule has 0 radical (unpaired) electrons. The van der Waals surface area contributed by atoms with Gasteiger partial charge >= 0.3 is 5.97 Å². The Morgan fingerprint density at radius 3 is 2.65 bits per heavy atom. The topological polar surface area (TPSA) is 92.2 Å². The van der Waals surface area contributed by atoms with Crippen molar-refractivity contribution >= 4 is 28.9 Å². The monoisotopic (exact) mass is 291 g/mol. The van der Waals surface area contributed by atoms with Crippen LogP contribution in [0.25, 0.3) is 0 Å². The summed E-state index contributed by atoms with van der Waals surface area (Å²) in [5.74, 6) is -1.11. The number of carbonyl (C=O) groups excluding carboxylic acids is 1. The van der Waals surface area contributed by atoms with Crippen LogP contribution in [-0.4, -0.2) is 27.0 Å². The fourth-order valence-corrected chi connectivity index (χ4v) is 2.23. The van der Waals surface area contributed by atoms with E-state index in [1.807, 2.05) is 12.3 Å². The van der Waals surface area contributed by atoms with Crippen molar-refractivity contribution < 1.29 is 14.7 Å². The molecule has 2 aromatic heterocycles. The van der Waals surface area contributed by atoms with Crippen LogP contribution in [0.5, 0.6) is 0 Å². The lowest BCUT2D eigenvalue weighted by molar-refractivity contribution is -0.136. The summed E-state index contributed by atoms with van der Waals surface area (Å²) >= 11 is 1.50. The highest BCUT2D eigenvalue weighted by atomic mass is 32.1. The first-order chi connectivity index (χ1) is 9.52. The highest BCUT2D eigenvalue weighted by molar-refractivity contribution is 7.09. The van der Waals surface area contributed by atoms with Crippen LogP contribution < -0.4 is 5.32 Å². The van der Waals surface area contributed by atoms with Crippen LogP contribution in [-0.2, 0) is 22.4 Å². The average molecular weight is 291 g/mol. The van der Waals surface area contributed by atoms with Crippen molar-refractivity contribution in [2.45, 2.75) is 19.8 Å². The molecule has 0 fully saturated rings. The Morgan fingerprint density at radius 1 is 1.30 bits per heavy atom. The number of amides is 1. The van der Waals surface area contributed by atoms with Crippen molar-refractivity contribution in [3.63, 3.8) is 0 Å². The molecule has 2 N–H and O–H groups in total. The van der Waals surface area contributed by atoms with E-state index in [0.717, 1.165) is 10.7 Å². The fourth-order valence-electron chi connectivity index (χ4n) is 1.62. The molecule has 2 aromatic rings.